The maximum absolute atomic E-state index is 12.3. The van der Waals surface area contributed by atoms with Crippen molar-refractivity contribution in [2.45, 2.75) is 58.2 Å². The van der Waals surface area contributed by atoms with Gasteiger partial charge in [0, 0.05) is 26.2 Å². The van der Waals surface area contributed by atoms with Crippen LogP contribution in [0.2, 0.25) is 0 Å². The molecule has 108 valence electrons. The minimum atomic E-state index is -1.85. The zero-order chi connectivity index (χ0) is 14.6. The van der Waals surface area contributed by atoms with Gasteiger partial charge in [-0.15, -0.1) is 0 Å². The first-order valence-corrected chi connectivity index (χ1v) is 6.40. The van der Waals surface area contributed by atoms with Gasteiger partial charge in [-0.25, -0.2) is 9.59 Å². The molecule has 2 heterocycles. The molecule has 0 aromatic rings. The van der Waals surface area contributed by atoms with Gasteiger partial charge in [-0.05, 0) is 12.8 Å². The Bertz CT molecular complexity index is 403. The SMILES string of the molecule is CC(C)C1CC(C)(O)OC12C(=O)OC(C)(C)OC2=O. The number of aliphatic hydroxyl groups is 1. The molecule has 0 bridgehead atoms. The van der Waals surface area contributed by atoms with Gasteiger partial charge in [0.2, 0.25) is 0 Å². The van der Waals surface area contributed by atoms with E-state index in [0.29, 0.717) is 0 Å². The van der Waals surface area contributed by atoms with E-state index in [1.165, 1.54) is 20.8 Å². The number of hydrogen-bond donors (Lipinski definition) is 1. The van der Waals surface area contributed by atoms with Crippen LogP contribution in [-0.2, 0) is 23.8 Å². The molecule has 1 spiro atoms. The molecule has 0 aromatic heterocycles. The first-order chi connectivity index (χ1) is 8.50. The molecule has 0 radical (unpaired) electrons. The van der Waals surface area contributed by atoms with Gasteiger partial charge in [0.05, 0.1) is 0 Å². The van der Waals surface area contributed by atoms with Crippen LogP contribution < -0.4 is 0 Å². The van der Waals surface area contributed by atoms with Crippen molar-refractivity contribution in [1.82, 2.24) is 0 Å². The molecule has 2 atom stereocenters. The highest BCUT2D eigenvalue weighted by molar-refractivity contribution is 6.06. The van der Waals surface area contributed by atoms with Gasteiger partial charge in [0.15, 0.2) is 5.79 Å². The molecule has 0 amide bonds. The summed E-state index contributed by atoms with van der Waals surface area (Å²) in [5.41, 5.74) is -1.85. The molecular formula is C13H20O6. The Morgan fingerprint density at radius 3 is 2.05 bits per heavy atom. The zero-order valence-electron chi connectivity index (χ0n) is 11.9. The van der Waals surface area contributed by atoms with Gasteiger partial charge in [0.1, 0.15) is 0 Å². The van der Waals surface area contributed by atoms with E-state index in [-0.39, 0.29) is 12.3 Å². The predicted octanol–water partition coefficient (Wildman–Crippen LogP) is 0.962. The lowest BCUT2D eigenvalue weighted by atomic mass is 9.78. The smallest absolute Gasteiger partial charge is 0.353 e. The van der Waals surface area contributed by atoms with E-state index in [1.54, 1.807) is 0 Å². The Morgan fingerprint density at radius 1 is 1.16 bits per heavy atom. The molecule has 2 aliphatic heterocycles. The summed E-state index contributed by atoms with van der Waals surface area (Å²) >= 11 is 0. The molecule has 0 aromatic carbocycles. The van der Waals surface area contributed by atoms with E-state index in [9.17, 15) is 14.7 Å². The fourth-order valence-corrected chi connectivity index (χ4v) is 2.81. The van der Waals surface area contributed by atoms with Gasteiger partial charge < -0.3 is 19.3 Å². The van der Waals surface area contributed by atoms with Crippen LogP contribution in [0.1, 0.15) is 41.0 Å². The standard InChI is InChI=1S/C13H20O6/c1-7(2)8-6-12(5,16)19-13(8)9(14)17-11(3,4)18-10(13)15/h7-8,16H,6H2,1-5H3. The monoisotopic (exact) mass is 272 g/mol. The van der Waals surface area contributed by atoms with Crippen molar-refractivity contribution in [1.29, 1.82) is 0 Å². The van der Waals surface area contributed by atoms with Gasteiger partial charge in [-0.3, -0.25) is 0 Å². The third kappa shape index (κ3) is 2.12. The van der Waals surface area contributed by atoms with E-state index in [1.807, 2.05) is 13.8 Å². The number of hydrogen-bond acceptors (Lipinski definition) is 6. The van der Waals surface area contributed by atoms with E-state index in [2.05, 4.69) is 0 Å². The Morgan fingerprint density at radius 2 is 1.63 bits per heavy atom. The number of carbonyl (C=O) groups excluding carboxylic acids is 2. The third-order valence-corrected chi connectivity index (χ3v) is 3.59. The van der Waals surface area contributed by atoms with Crippen LogP contribution in [0.15, 0.2) is 0 Å². The van der Waals surface area contributed by atoms with Gasteiger partial charge in [-0.2, -0.15) is 0 Å². The Kier molecular flexibility index (Phi) is 2.95. The summed E-state index contributed by atoms with van der Waals surface area (Å²) in [7, 11) is 0. The van der Waals surface area contributed by atoms with Crippen LogP contribution in [0.5, 0.6) is 0 Å². The van der Waals surface area contributed by atoms with Crippen molar-refractivity contribution in [3.05, 3.63) is 0 Å². The summed E-state index contributed by atoms with van der Waals surface area (Å²) in [4.78, 5) is 24.6. The minimum absolute atomic E-state index is 0.0460. The van der Waals surface area contributed by atoms with Gasteiger partial charge >= 0.3 is 11.9 Å². The molecule has 19 heavy (non-hydrogen) atoms. The quantitative estimate of drug-likeness (QED) is 0.565. The van der Waals surface area contributed by atoms with Crippen molar-refractivity contribution in [3.63, 3.8) is 0 Å². The zero-order valence-corrected chi connectivity index (χ0v) is 11.9. The first kappa shape index (κ1) is 14.3. The lowest BCUT2D eigenvalue weighted by Gasteiger charge is -2.41. The molecule has 2 fully saturated rings. The predicted molar refractivity (Wildman–Crippen MR) is 63.6 cm³/mol. The summed E-state index contributed by atoms with van der Waals surface area (Å²) in [6, 6.07) is 0. The molecule has 2 rings (SSSR count). The van der Waals surface area contributed by atoms with E-state index >= 15 is 0 Å². The Balaban J connectivity index is 2.45. The van der Waals surface area contributed by atoms with Crippen LogP contribution in [0.4, 0.5) is 0 Å². The fraction of sp³-hybridized carbons (Fsp3) is 0.846. The van der Waals surface area contributed by atoms with Crippen molar-refractivity contribution in [3.8, 4) is 0 Å². The molecule has 1 N–H and O–H groups in total. The highest BCUT2D eigenvalue weighted by Crippen LogP contribution is 2.48. The molecule has 6 nitrogen and oxygen atoms in total. The van der Waals surface area contributed by atoms with Gasteiger partial charge in [-0.1, -0.05) is 13.8 Å². The maximum atomic E-state index is 12.3. The van der Waals surface area contributed by atoms with Crippen LogP contribution in [0.25, 0.3) is 0 Å². The Hall–Kier alpha value is -1.14. The van der Waals surface area contributed by atoms with E-state index < -0.39 is 35.0 Å². The lowest BCUT2D eigenvalue weighted by Crippen LogP contribution is -2.62. The highest BCUT2D eigenvalue weighted by atomic mass is 16.8. The molecule has 2 unspecified atom stereocenters. The van der Waals surface area contributed by atoms with Crippen LogP contribution >= 0.6 is 0 Å². The van der Waals surface area contributed by atoms with Crippen molar-refractivity contribution < 1.29 is 28.9 Å². The summed E-state index contributed by atoms with van der Waals surface area (Å²) < 4.78 is 15.7. The second-order valence-electron chi connectivity index (χ2n) is 6.25. The number of rotatable bonds is 1. The molecule has 2 aliphatic rings. The molecule has 6 heteroatoms. The lowest BCUT2D eigenvalue weighted by molar-refractivity contribution is -0.286. The third-order valence-electron chi connectivity index (χ3n) is 3.59. The second-order valence-corrected chi connectivity index (χ2v) is 6.25. The van der Waals surface area contributed by atoms with E-state index in [0.717, 1.165) is 0 Å². The number of esters is 2. The largest absolute Gasteiger partial charge is 0.421 e. The maximum Gasteiger partial charge on any atom is 0.353 e. The number of carbonyl (C=O) groups is 2. The van der Waals surface area contributed by atoms with Crippen LogP contribution in [0, 0.1) is 11.8 Å². The molecule has 0 saturated carbocycles. The van der Waals surface area contributed by atoms with Crippen LogP contribution in [-0.4, -0.2) is 34.2 Å². The topological polar surface area (TPSA) is 82.1 Å². The average Bonchev–Trinajstić information content (AvgIpc) is 2.48. The molecule has 2 saturated heterocycles. The summed E-state index contributed by atoms with van der Waals surface area (Å²) in [5, 5.41) is 10.1. The Labute approximate surface area is 112 Å². The minimum Gasteiger partial charge on any atom is -0.421 e. The van der Waals surface area contributed by atoms with Gasteiger partial charge in [0.25, 0.3) is 11.4 Å². The first-order valence-electron chi connectivity index (χ1n) is 6.40. The highest BCUT2D eigenvalue weighted by Gasteiger charge is 2.69. The number of cyclic esters (lactones) is 2. The van der Waals surface area contributed by atoms with Crippen molar-refractivity contribution in [2.24, 2.45) is 11.8 Å². The normalized spacial score (nSPS) is 36.5. The number of ether oxygens (including phenoxy) is 3. The summed E-state index contributed by atoms with van der Waals surface area (Å²) in [5.74, 6) is -4.96. The fourth-order valence-electron chi connectivity index (χ4n) is 2.81. The second kappa shape index (κ2) is 3.93. The average molecular weight is 272 g/mol. The molecule has 0 aliphatic carbocycles. The van der Waals surface area contributed by atoms with Crippen molar-refractivity contribution >= 4 is 11.9 Å². The van der Waals surface area contributed by atoms with Crippen molar-refractivity contribution in [2.75, 3.05) is 0 Å². The van der Waals surface area contributed by atoms with Crippen LogP contribution in [0.3, 0.4) is 0 Å². The summed E-state index contributed by atoms with van der Waals surface area (Å²) in [6.45, 7) is 8.10. The summed E-state index contributed by atoms with van der Waals surface area (Å²) in [6.07, 6.45) is 0.176. The van der Waals surface area contributed by atoms with E-state index in [4.69, 9.17) is 14.2 Å². The molecular weight excluding hydrogens is 252 g/mol.